The molecular formula is C13H19N3OS. The number of carbonyl (C=O) groups is 1. The number of terminal acetylenes is 1. The highest BCUT2D eigenvalue weighted by Gasteiger charge is 2.25. The summed E-state index contributed by atoms with van der Waals surface area (Å²) in [7, 11) is 0. The van der Waals surface area contributed by atoms with E-state index in [9.17, 15) is 4.79 Å². The number of amides is 1. The van der Waals surface area contributed by atoms with Crippen LogP contribution in [-0.4, -0.2) is 22.0 Å². The van der Waals surface area contributed by atoms with Crippen LogP contribution in [0.3, 0.4) is 0 Å². The maximum absolute atomic E-state index is 12.0. The molecule has 1 N–H and O–H groups in total. The molecule has 0 atom stereocenters. The van der Waals surface area contributed by atoms with Gasteiger partial charge in [0.25, 0.3) is 5.91 Å². The van der Waals surface area contributed by atoms with E-state index in [0.717, 1.165) is 36.5 Å². The van der Waals surface area contributed by atoms with Gasteiger partial charge in [-0.05, 0) is 24.4 Å². The molecule has 1 amide bonds. The van der Waals surface area contributed by atoms with E-state index in [2.05, 4.69) is 20.8 Å². The van der Waals surface area contributed by atoms with Crippen LogP contribution in [0.1, 0.15) is 55.4 Å². The normalized spacial score (nSPS) is 11.0. The van der Waals surface area contributed by atoms with Crippen LogP contribution < -0.4 is 5.32 Å². The Morgan fingerprint density at radius 3 is 2.78 bits per heavy atom. The summed E-state index contributed by atoms with van der Waals surface area (Å²) in [6, 6.07) is 0. The van der Waals surface area contributed by atoms with Crippen molar-refractivity contribution in [1.82, 2.24) is 14.9 Å². The number of aromatic nitrogens is 2. The van der Waals surface area contributed by atoms with Gasteiger partial charge >= 0.3 is 0 Å². The molecule has 1 heterocycles. The van der Waals surface area contributed by atoms with Gasteiger partial charge in [0.1, 0.15) is 4.88 Å². The largest absolute Gasteiger partial charge is 0.351 e. The fourth-order valence-electron chi connectivity index (χ4n) is 1.46. The van der Waals surface area contributed by atoms with E-state index in [0.29, 0.717) is 11.4 Å². The molecule has 18 heavy (non-hydrogen) atoms. The Balaban J connectivity index is 2.53. The van der Waals surface area contributed by atoms with Crippen molar-refractivity contribution in [2.75, 3.05) is 6.54 Å². The maximum atomic E-state index is 12.0. The predicted molar refractivity (Wildman–Crippen MR) is 73.6 cm³/mol. The summed E-state index contributed by atoms with van der Waals surface area (Å²) in [6.07, 6.45) is 7.75. The molecule has 0 spiro atoms. The average molecular weight is 265 g/mol. The van der Waals surface area contributed by atoms with Crippen molar-refractivity contribution in [2.24, 2.45) is 0 Å². The number of hydrogen-bond acceptors (Lipinski definition) is 4. The SMILES string of the molecule is C#CCCCCNC(=O)c1snnc1C(C)(C)C. The zero-order chi connectivity index (χ0) is 13.6. The average Bonchev–Trinajstić information content (AvgIpc) is 2.77. The third kappa shape index (κ3) is 4.11. The van der Waals surface area contributed by atoms with E-state index in [1.54, 1.807) is 0 Å². The minimum atomic E-state index is -0.164. The van der Waals surface area contributed by atoms with E-state index in [4.69, 9.17) is 6.42 Å². The van der Waals surface area contributed by atoms with Gasteiger partial charge in [-0.1, -0.05) is 25.3 Å². The molecule has 5 heteroatoms. The Kier molecular flexibility index (Phi) is 5.29. The summed E-state index contributed by atoms with van der Waals surface area (Å²) in [4.78, 5) is 12.6. The van der Waals surface area contributed by atoms with Crippen LogP contribution in [0, 0.1) is 12.3 Å². The first-order valence-corrected chi connectivity index (χ1v) is 6.78. The third-order valence-corrected chi connectivity index (χ3v) is 3.16. The summed E-state index contributed by atoms with van der Waals surface area (Å²) in [5, 5.41) is 6.93. The Labute approximate surface area is 112 Å². The van der Waals surface area contributed by atoms with Crippen LogP contribution in [-0.2, 0) is 5.41 Å². The van der Waals surface area contributed by atoms with E-state index in [1.807, 2.05) is 20.8 Å². The van der Waals surface area contributed by atoms with Gasteiger partial charge in [0.15, 0.2) is 0 Å². The summed E-state index contributed by atoms with van der Waals surface area (Å²) in [5.74, 6) is 2.49. The molecule has 0 saturated heterocycles. The third-order valence-electron chi connectivity index (χ3n) is 2.44. The maximum Gasteiger partial charge on any atom is 0.264 e. The molecule has 1 aromatic heterocycles. The van der Waals surface area contributed by atoms with Gasteiger partial charge in [-0.2, -0.15) is 0 Å². The van der Waals surface area contributed by atoms with Crippen LogP contribution in [0.4, 0.5) is 0 Å². The molecule has 98 valence electrons. The minimum Gasteiger partial charge on any atom is -0.351 e. The van der Waals surface area contributed by atoms with Crippen molar-refractivity contribution in [3.05, 3.63) is 10.6 Å². The topological polar surface area (TPSA) is 54.9 Å². The Morgan fingerprint density at radius 1 is 1.44 bits per heavy atom. The number of carbonyl (C=O) groups excluding carboxylic acids is 1. The summed E-state index contributed by atoms with van der Waals surface area (Å²) in [6.45, 7) is 6.70. The summed E-state index contributed by atoms with van der Waals surface area (Å²) in [5.41, 5.74) is 0.594. The number of nitrogens with zero attached hydrogens (tertiary/aromatic N) is 2. The fourth-order valence-corrected chi connectivity index (χ4v) is 2.26. The molecule has 0 radical (unpaired) electrons. The molecular weight excluding hydrogens is 246 g/mol. The first kappa shape index (κ1) is 14.7. The smallest absolute Gasteiger partial charge is 0.264 e. The first-order valence-electron chi connectivity index (χ1n) is 6.01. The number of nitrogens with one attached hydrogen (secondary N) is 1. The van der Waals surface area contributed by atoms with Crippen molar-refractivity contribution in [2.45, 2.75) is 45.4 Å². The van der Waals surface area contributed by atoms with E-state index >= 15 is 0 Å². The highest BCUT2D eigenvalue weighted by Crippen LogP contribution is 2.25. The zero-order valence-corrected chi connectivity index (χ0v) is 11.9. The molecule has 0 unspecified atom stereocenters. The lowest BCUT2D eigenvalue weighted by Crippen LogP contribution is -2.27. The number of unbranched alkanes of at least 4 members (excludes halogenated alkanes) is 2. The van der Waals surface area contributed by atoms with Crippen LogP contribution in [0.2, 0.25) is 0 Å². The lowest BCUT2D eigenvalue weighted by atomic mass is 9.91. The second-order valence-electron chi connectivity index (χ2n) is 5.12. The lowest BCUT2D eigenvalue weighted by Gasteiger charge is -2.16. The van der Waals surface area contributed by atoms with Crippen molar-refractivity contribution < 1.29 is 4.79 Å². The van der Waals surface area contributed by atoms with Gasteiger partial charge in [0, 0.05) is 18.4 Å². The second kappa shape index (κ2) is 6.50. The van der Waals surface area contributed by atoms with Crippen molar-refractivity contribution in [3.63, 3.8) is 0 Å². The molecule has 4 nitrogen and oxygen atoms in total. The first-order chi connectivity index (χ1) is 8.46. The molecule has 1 rings (SSSR count). The van der Waals surface area contributed by atoms with Gasteiger partial charge in [-0.25, -0.2) is 0 Å². The Morgan fingerprint density at radius 2 is 2.17 bits per heavy atom. The van der Waals surface area contributed by atoms with E-state index < -0.39 is 0 Å². The summed E-state index contributed by atoms with van der Waals surface area (Å²) < 4.78 is 3.87. The number of rotatable bonds is 5. The Bertz CT molecular complexity index is 440. The van der Waals surface area contributed by atoms with Crippen LogP contribution >= 0.6 is 11.5 Å². The minimum absolute atomic E-state index is 0.0874. The van der Waals surface area contributed by atoms with Gasteiger partial charge < -0.3 is 5.32 Å². The molecule has 0 saturated carbocycles. The van der Waals surface area contributed by atoms with E-state index in [1.165, 1.54) is 0 Å². The summed E-state index contributed by atoms with van der Waals surface area (Å²) >= 11 is 1.15. The van der Waals surface area contributed by atoms with Crippen LogP contribution in [0.25, 0.3) is 0 Å². The molecule has 1 aromatic rings. The lowest BCUT2D eigenvalue weighted by molar-refractivity contribution is 0.0954. The quantitative estimate of drug-likeness (QED) is 0.657. The van der Waals surface area contributed by atoms with Crippen molar-refractivity contribution >= 4 is 17.4 Å². The molecule has 0 fully saturated rings. The molecule has 0 aliphatic heterocycles. The monoisotopic (exact) mass is 265 g/mol. The Hall–Kier alpha value is -1.41. The second-order valence-corrected chi connectivity index (χ2v) is 5.87. The van der Waals surface area contributed by atoms with Gasteiger partial charge in [0.05, 0.1) is 5.69 Å². The molecule has 0 bridgehead atoms. The van der Waals surface area contributed by atoms with Crippen molar-refractivity contribution in [3.8, 4) is 12.3 Å². The zero-order valence-electron chi connectivity index (χ0n) is 11.1. The van der Waals surface area contributed by atoms with Crippen molar-refractivity contribution in [1.29, 1.82) is 0 Å². The highest BCUT2D eigenvalue weighted by atomic mass is 32.1. The highest BCUT2D eigenvalue weighted by molar-refractivity contribution is 7.08. The molecule has 0 aliphatic rings. The predicted octanol–water partition coefficient (Wildman–Crippen LogP) is 2.37. The van der Waals surface area contributed by atoms with Gasteiger partial charge in [-0.3, -0.25) is 4.79 Å². The van der Waals surface area contributed by atoms with Crippen LogP contribution in [0.5, 0.6) is 0 Å². The van der Waals surface area contributed by atoms with Crippen LogP contribution in [0.15, 0.2) is 0 Å². The van der Waals surface area contributed by atoms with E-state index in [-0.39, 0.29) is 11.3 Å². The standard InChI is InChI=1S/C13H19N3OS/c1-5-6-7-8-9-14-12(17)10-11(13(2,3)4)15-16-18-10/h1H,6-9H2,2-4H3,(H,14,17). The molecule has 0 aliphatic carbocycles. The number of hydrogen-bond donors (Lipinski definition) is 1. The van der Waals surface area contributed by atoms with Gasteiger partial charge in [-0.15, -0.1) is 17.4 Å². The molecule has 0 aromatic carbocycles. The fraction of sp³-hybridized carbons (Fsp3) is 0.615. The van der Waals surface area contributed by atoms with Gasteiger partial charge in [0.2, 0.25) is 0 Å².